The Morgan fingerprint density at radius 1 is 1.12 bits per heavy atom. The topological polar surface area (TPSA) is 129 Å². The van der Waals surface area contributed by atoms with Crippen LogP contribution in [0, 0.1) is 62.6 Å². The first-order valence-corrected chi connectivity index (χ1v) is 19.3. The Hall–Kier alpha value is -2.04. The molecule has 0 unspecified atom stereocenters. The van der Waals surface area contributed by atoms with Crippen molar-refractivity contribution in [2.75, 3.05) is 39.6 Å². The average molecular weight is 683 g/mol. The van der Waals surface area contributed by atoms with E-state index in [1.54, 1.807) is 4.80 Å². The van der Waals surface area contributed by atoms with Gasteiger partial charge in [0.15, 0.2) is 0 Å². The average Bonchev–Trinajstić information content (AvgIpc) is 3.47. The molecule has 0 radical (unpaired) electrons. The summed E-state index contributed by atoms with van der Waals surface area (Å²) in [6, 6.07) is 0.103. The molecular formula is C39H66N6O4. The van der Waals surface area contributed by atoms with Gasteiger partial charge >= 0.3 is 5.97 Å². The van der Waals surface area contributed by atoms with E-state index >= 15 is 0 Å². The summed E-state index contributed by atoms with van der Waals surface area (Å²) in [7, 11) is 4.30. The third kappa shape index (κ3) is 5.26. The molecule has 276 valence electrons. The summed E-state index contributed by atoms with van der Waals surface area (Å²) >= 11 is 0. The minimum Gasteiger partial charge on any atom is -0.481 e. The van der Waals surface area contributed by atoms with E-state index in [1.165, 1.54) is 5.57 Å². The van der Waals surface area contributed by atoms with Crippen molar-refractivity contribution >= 4 is 11.9 Å². The van der Waals surface area contributed by atoms with Gasteiger partial charge in [-0.15, -0.1) is 5.10 Å². The summed E-state index contributed by atoms with van der Waals surface area (Å²) in [5, 5.41) is 24.4. The lowest BCUT2D eigenvalue weighted by Gasteiger charge is -2.71. The molecular weight excluding hydrogens is 616 g/mol. The third-order valence-corrected chi connectivity index (χ3v) is 16.2. The number of aliphatic carboxylic acids is 1. The molecule has 4 aliphatic carbocycles. The van der Waals surface area contributed by atoms with Crippen LogP contribution < -0.4 is 5.73 Å². The molecule has 0 amide bonds. The minimum atomic E-state index is -0.630. The van der Waals surface area contributed by atoms with Gasteiger partial charge in [0.25, 0.3) is 5.95 Å². The number of nitrogen functional groups attached to an aromatic ring is 1. The lowest BCUT2D eigenvalue weighted by Crippen LogP contribution is -2.70. The van der Waals surface area contributed by atoms with E-state index in [0.717, 1.165) is 44.9 Å². The van der Waals surface area contributed by atoms with Gasteiger partial charge in [-0.2, -0.15) is 4.80 Å². The molecule has 13 atom stereocenters. The molecule has 10 heteroatoms. The maximum atomic E-state index is 13.5. The predicted octanol–water partition coefficient (Wildman–Crippen LogP) is 6.75. The van der Waals surface area contributed by atoms with Crippen molar-refractivity contribution in [3.8, 4) is 0 Å². The number of fused-ring (bicyclic) bond motifs is 3. The Kier molecular flexibility index (Phi) is 9.43. The van der Waals surface area contributed by atoms with Crippen molar-refractivity contribution < 1.29 is 19.4 Å². The van der Waals surface area contributed by atoms with Crippen LogP contribution >= 0.6 is 0 Å². The summed E-state index contributed by atoms with van der Waals surface area (Å²) in [5.41, 5.74) is 6.22. The zero-order valence-corrected chi connectivity index (χ0v) is 32.3. The molecule has 4 fully saturated rings. The molecule has 0 spiro atoms. The number of rotatable bonds is 10. The van der Waals surface area contributed by atoms with Crippen LogP contribution in [0.2, 0.25) is 0 Å². The molecule has 3 saturated carbocycles. The smallest absolute Gasteiger partial charge is 0.307 e. The van der Waals surface area contributed by atoms with Crippen molar-refractivity contribution in [1.29, 1.82) is 0 Å². The first kappa shape index (κ1) is 36.7. The lowest BCUT2D eigenvalue weighted by molar-refractivity contribution is -0.255. The normalized spacial score (nSPS) is 43.6. The number of carbonyl (C=O) groups is 1. The molecule has 2 heterocycles. The van der Waals surface area contributed by atoms with Crippen LogP contribution in [0.15, 0.2) is 11.6 Å². The van der Waals surface area contributed by atoms with E-state index in [0.29, 0.717) is 43.5 Å². The Balaban J connectivity index is 1.50. The number of tetrazole rings is 1. The Bertz CT molecular complexity index is 1430. The fraction of sp³-hybridized carbons (Fsp3) is 0.897. The molecule has 1 saturated heterocycles. The van der Waals surface area contributed by atoms with Crippen LogP contribution in [0.25, 0.3) is 0 Å². The van der Waals surface area contributed by atoms with Crippen molar-refractivity contribution in [1.82, 2.24) is 25.1 Å². The number of carboxylic acid groups (broad SMARTS) is 1. The van der Waals surface area contributed by atoms with Gasteiger partial charge in [0, 0.05) is 11.5 Å². The van der Waals surface area contributed by atoms with E-state index < -0.39 is 11.9 Å². The van der Waals surface area contributed by atoms with Gasteiger partial charge in [0.2, 0.25) is 0 Å². The van der Waals surface area contributed by atoms with Gasteiger partial charge in [0.05, 0.1) is 31.8 Å². The van der Waals surface area contributed by atoms with Crippen LogP contribution in [-0.4, -0.2) is 82.2 Å². The molecule has 1 aromatic rings. The van der Waals surface area contributed by atoms with Crippen molar-refractivity contribution in [3.05, 3.63) is 11.6 Å². The minimum absolute atomic E-state index is 0.0995. The molecule has 0 aromatic carbocycles. The number of likely N-dealkylation sites (N-methyl/N-ethyl adjacent to an activating group) is 1. The van der Waals surface area contributed by atoms with Crippen LogP contribution in [0.3, 0.4) is 0 Å². The summed E-state index contributed by atoms with van der Waals surface area (Å²) in [6.45, 7) is 22.7. The van der Waals surface area contributed by atoms with Gasteiger partial charge in [-0.05, 0) is 109 Å². The zero-order valence-electron chi connectivity index (χ0n) is 32.3. The van der Waals surface area contributed by atoms with Crippen molar-refractivity contribution in [2.45, 2.75) is 125 Å². The summed E-state index contributed by atoms with van der Waals surface area (Å²) in [6.07, 6.45) is 9.00. The Morgan fingerprint density at radius 2 is 1.84 bits per heavy atom. The molecule has 6 rings (SSSR count). The van der Waals surface area contributed by atoms with Gasteiger partial charge in [-0.1, -0.05) is 85.5 Å². The number of nitrogens with zero attached hydrogens (tertiary/aromatic N) is 5. The number of nitrogens with two attached hydrogens (primary N) is 1. The highest BCUT2D eigenvalue weighted by Gasteiger charge is 2.72. The van der Waals surface area contributed by atoms with Crippen LogP contribution in [0.5, 0.6) is 0 Å². The lowest BCUT2D eigenvalue weighted by atomic mass is 9.34. The second-order valence-electron chi connectivity index (χ2n) is 18.8. The number of allylic oxidation sites excluding steroid dienone is 1. The molecule has 1 aliphatic heterocycles. The van der Waals surface area contributed by atoms with E-state index in [2.05, 4.69) is 103 Å². The van der Waals surface area contributed by atoms with Crippen LogP contribution in [0.4, 0.5) is 5.95 Å². The van der Waals surface area contributed by atoms with Crippen LogP contribution in [0.1, 0.15) is 113 Å². The summed E-state index contributed by atoms with van der Waals surface area (Å²) in [4.78, 5) is 17.6. The monoisotopic (exact) mass is 683 g/mol. The number of anilines is 1. The Labute approximate surface area is 295 Å². The fourth-order valence-corrected chi connectivity index (χ4v) is 12.8. The largest absolute Gasteiger partial charge is 0.481 e. The highest BCUT2D eigenvalue weighted by Crippen LogP contribution is 2.75. The zero-order chi connectivity index (χ0) is 35.9. The third-order valence-electron chi connectivity index (χ3n) is 16.2. The molecule has 3 N–H and O–H groups in total. The quantitative estimate of drug-likeness (QED) is 0.258. The highest BCUT2D eigenvalue weighted by molar-refractivity contribution is 5.73. The standard InChI is InChI=1S/C39H66N6O4/c1-12-24(4)29(44(10)11)20-49-32-28(45-42-34(40)41-43-45)19-35(6)21-48-22-39(32)27-15-16-38(9)31(33(46)47)36(7,25(5)23(2)3)17-18-37(38,8)26(27)13-14-30(35)39/h15,23-26,28-32H,12-14,16-22H2,1-11H3,(H2,40,42)(H,46,47)/t24-,25+,26-,28+,29+,30+,31+,32-,35+,36+,37+,38-,39-/m0/s1. The maximum absolute atomic E-state index is 13.5. The SMILES string of the molecule is CC[C@H](C)[C@@H](CO[C@H]1[C@H](n2nnc(N)n2)C[C@]2(C)COC[C@@]13C1=CC[C@@]4(C)[C@H](C(=O)O)[C@@](C)([C@H](C)C(C)C)CC[C@]4(C)[C@H]1CC[C@H]23)N(C)C. The number of hydrogen-bond acceptors (Lipinski definition) is 8. The molecule has 10 nitrogen and oxygen atoms in total. The van der Waals surface area contributed by atoms with E-state index in [4.69, 9.17) is 15.2 Å². The number of hydrogen-bond donors (Lipinski definition) is 2. The van der Waals surface area contributed by atoms with E-state index in [9.17, 15) is 9.90 Å². The van der Waals surface area contributed by atoms with E-state index in [-0.39, 0.29) is 57.1 Å². The second-order valence-corrected chi connectivity index (χ2v) is 18.8. The van der Waals surface area contributed by atoms with Crippen molar-refractivity contribution in [2.24, 2.45) is 62.6 Å². The summed E-state index contributed by atoms with van der Waals surface area (Å²) < 4.78 is 14.1. The maximum Gasteiger partial charge on any atom is 0.307 e. The van der Waals surface area contributed by atoms with Gasteiger partial charge in [-0.25, -0.2) is 0 Å². The molecule has 5 aliphatic rings. The fourth-order valence-electron chi connectivity index (χ4n) is 12.8. The first-order valence-electron chi connectivity index (χ1n) is 19.3. The molecule has 1 aromatic heterocycles. The first-order chi connectivity index (χ1) is 22.9. The van der Waals surface area contributed by atoms with Gasteiger partial charge in [-0.3, -0.25) is 4.79 Å². The van der Waals surface area contributed by atoms with Gasteiger partial charge in [0.1, 0.15) is 6.04 Å². The van der Waals surface area contributed by atoms with Gasteiger partial charge < -0.3 is 25.2 Å². The van der Waals surface area contributed by atoms with E-state index in [1.807, 2.05) is 0 Å². The number of aromatic nitrogens is 4. The highest BCUT2D eigenvalue weighted by atomic mass is 16.5. The molecule has 2 bridgehead atoms. The Morgan fingerprint density at radius 3 is 2.43 bits per heavy atom. The second kappa shape index (κ2) is 12.6. The van der Waals surface area contributed by atoms with Crippen LogP contribution in [-0.2, 0) is 14.3 Å². The molecule has 49 heavy (non-hydrogen) atoms. The summed E-state index contributed by atoms with van der Waals surface area (Å²) in [5.74, 6) is 0.915. The number of ether oxygens (including phenoxy) is 2. The predicted molar refractivity (Wildman–Crippen MR) is 192 cm³/mol. The van der Waals surface area contributed by atoms with Crippen molar-refractivity contribution in [3.63, 3.8) is 0 Å². The number of carboxylic acids is 1.